The van der Waals surface area contributed by atoms with Crippen molar-refractivity contribution in [3.05, 3.63) is 28.8 Å². The van der Waals surface area contributed by atoms with E-state index in [2.05, 4.69) is 6.07 Å². The Morgan fingerprint density at radius 2 is 2.00 bits per heavy atom. The first-order chi connectivity index (χ1) is 6.31. The van der Waals surface area contributed by atoms with Gasteiger partial charge in [0.1, 0.15) is 5.75 Å². The van der Waals surface area contributed by atoms with E-state index in [4.69, 9.17) is 5.26 Å². The Kier molecular flexibility index (Phi) is 1.94. The lowest BCUT2D eigenvalue weighted by Gasteiger charge is -2.16. The van der Waals surface area contributed by atoms with Crippen LogP contribution in [0.2, 0.25) is 0 Å². The Labute approximate surface area is 77.4 Å². The Morgan fingerprint density at radius 1 is 1.23 bits per heavy atom. The molecule has 13 heavy (non-hydrogen) atoms. The summed E-state index contributed by atoms with van der Waals surface area (Å²) in [6.45, 7) is 0. The van der Waals surface area contributed by atoms with Crippen molar-refractivity contribution in [1.29, 1.82) is 5.26 Å². The minimum atomic E-state index is 0.300. The summed E-state index contributed by atoms with van der Waals surface area (Å²) in [5, 5.41) is 18.3. The third kappa shape index (κ3) is 1.38. The smallest absolute Gasteiger partial charge is 0.120 e. The van der Waals surface area contributed by atoms with Gasteiger partial charge in [0.15, 0.2) is 0 Å². The van der Waals surface area contributed by atoms with Crippen LogP contribution in [-0.4, -0.2) is 5.11 Å². The number of phenolic OH excluding ortho intramolecular Hbond substituents is 1. The second-order valence-electron chi connectivity index (χ2n) is 3.45. The Bertz CT molecular complexity index is 376. The van der Waals surface area contributed by atoms with Crippen molar-refractivity contribution >= 4 is 0 Å². The first-order valence-electron chi connectivity index (χ1n) is 4.56. The molecule has 0 bridgehead atoms. The first-order valence-corrected chi connectivity index (χ1v) is 4.56. The van der Waals surface area contributed by atoms with E-state index in [1.165, 1.54) is 6.42 Å². The normalized spacial score (nSPS) is 14.7. The number of hydrogen-bond donors (Lipinski definition) is 1. The largest absolute Gasteiger partial charge is 0.508 e. The van der Waals surface area contributed by atoms with Crippen LogP contribution in [0, 0.1) is 11.3 Å². The monoisotopic (exact) mass is 173 g/mol. The molecule has 0 unspecified atom stereocenters. The standard InChI is InChI=1S/C11H11NO/c12-7-8-5-9-3-1-2-4-10(9)11(13)6-8/h5-6,13H,1-4H2. The number of phenols is 1. The van der Waals surface area contributed by atoms with Gasteiger partial charge in [-0.05, 0) is 48.9 Å². The molecule has 0 aliphatic heterocycles. The number of nitrogens with zero attached hydrogens (tertiary/aromatic N) is 1. The summed E-state index contributed by atoms with van der Waals surface area (Å²) < 4.78 is 0. The molecule has 2 nitrogen and oxygen atoms in total. The van der Waals surface area contributed by atoms with Crippen LogP contribution in [0.1, 0.15) is 29.5 Å². The zero-order valence-corrected chi connectivity index (χ0v) is 7.38. The van der Waals surface area contributed by atoms with Crippen LogP contribution in [0.3, 0.4) is 0 Å². The second kappa shape index (κ2) is 3.10. The highest BCUT2D eigenvalue weighted by molar-refractivity contribution is 5.47. The average molecular weight is 173 g/mol. The van der Waals surface area contributed by atoms with Crippen molar-refractivity contribution in [1.82, 2.24) is 0 Å². The third-order valence-corrected chi connectivity index (χ3v) is 2.57. The predicted octanol–water partition coefficient (Wildman–Crippen LogP) is 2.14. The van der Waals surface area contributed by atoms with Gasteiger partial charge in [0.25, 0.3) is 0 Å². The summed E-state index contributed by atoms with van der Waals surface area (Å²) in [4.78, 5) is 0. The highest BCUT2D eigenvalue weighted by Gasteiger charge is 2.13. The van der Waals surface area contributed by atoms with E-state index in [1.54, 1.807) is 6.07 Å². The van der Waals surface area contributed by atoms with Crippen molar-refractivity contribution in [3.8, 4) is 11.8 Å². The molecule has 1 aliphatic carbocycles. The van der Waals surface area contributed by atoms with E-state index >= 15 is 0 Å². The molecule has 2 heteroatoms. The fourth-order valence-corrected chi connectivity index (χ4v) is 1.91. The van der Waals surface area contributed by atoms with Gasteiger partial charge in [-0.1, -0.05) is 0 Å². The Morgan fingerprint density at radius 3 is 2.77 bits per heavy atom. The molecule has 1 aliphatic rings. The molecule has 0 heterocycles. The maximum absolute atomic E-state index is 9.62. The van der Waals surface area contributed by atoms with Gasteiger partial charge in [-0.3, -0.25) is 0 Å². The van der Waals surface area contributed by atoms with Gasteiger partial charge in [0.05, 0.1) is 11.6 Å². The lowest BCUT2D eigenvalue weighted by molar-refractivity contribution is 0.462. The van der Waals surface area contributed by atoms with Crippen LogP contribution in [0.4, 0.5) is 0 Å². The number of rotatable bonds is 0. The molecule has 0 spiro atoms. The van der Waals surface area contributed by atoms with E-state index < -0.39 is 0 Å². The number of aryl methyl sites for hydroxylation is 1. The summed E-state index contributed by atoms with van der Waals surface area (Å²) in [5.74, 6) is 0.300. The molecule has 1 aromatic rings. The maximum Gasteiger partial charge on any atom is 0.120 e. The van der Waals surface area contributed by atoms with Gasteiger partial charge in [0.2, 0.25) is 0 Å². The fraction of sp³-hybridized carbons (Fsp3) is 0.364. The van der Waals surface area contributed by atoms with Crippen molar-refractivity contribution in [2.24, 2.45) is 0 Å². The van der Waals surface area contributed by atoms with Crippen molar-refractivity contribution in [3.63, 3.8) is 0 Å². The molecule has 66 valence electrons. The molecule has 1 aromatic carbocycles. The van der Waals surface area contributed by atoms with Crippen LogP contribution < -0.4 is 0 Å². The summed E-state index contributed by atoms with van der Waals surface area (Å²) >= 11 is 0. The van der Waals surface area contributed by atoms with Crippen LogP contribution in [0.5, 0.6) is 5.75 Å². The van der Waals surface area contributed by atoms with Gasteiger partial charge in [-0.25, -0.2) is 0 Å². The lowest BCUT2D eigenvalue weighted by atomic mass is 9.90. The molecule has 0 atom stereocenters. The van der Waals surface area contributed by atoms with Gasteiger partial charge in [-0.15, -0.1) is 0 Å². The lowest BCUT2D eigenvalue weighted by Crippen LogP contribution is -2.03. The molecule has 2 rings (SSSR count). The second-order valence-corrected chi connectivity index (χ2v) is 3.45. The Balaban J connectivity index is 2.54. The van der Waals surface area contributed by atoms with Crippen molar-refractivity contribution in [2.45, 2.75) is 25.7 Å². The number of benzene rings is 1. The fourth-order valence-electron chi connectivity index (χ4n) is 1.91. The quantitative estimate of drug-likeness (QED) is 0.653. The number of fused-ring (bicyclic) bond motifs is 1. The molecule has 0 aromatic heterocycles. The Hall–Kier alpha value is -1.49. The highest BCUT2D eigenvalue weighted by atomic mass is 16.3. The predicted molar refractivity (Wildman–Crippen MR) is 49.5 cm³/mol. The van der Waals surface area contributed by atoms with E-state index in [0.717, 1.165) is 30.4 Å². The number of aromatic hydroxyl groups is 1. The van der Waals surface area contributed by atoms with E-state index in [0.29, 0.717) is 11.3 Å². The van der Waals surface area contributed by atoms with E-state index in [9.17, 15) is 5.11 Å². The van der Waals surface area contributed by atoms with E-state index in [1.807, 2.05) is 6.07 Å². The van der Waals surface area contributed by atoms with Crippen LogP contribution in [-0.2, 0) is 12.8 Å². The molecule has 0 saturated heterocycles. The van der Waals surface area contributed by atoms with Gasteiger partial charge < -0.3 is 5.11 Å². The molecule has 0 radical (unpaired) electrons. The topological polar surface area (TPSA) is 44.0 Å². The van der Waals surface area contributed by atoms with Crippen LogP contribution in [0.25, 0.3) is 0 Å². The van der Waals surface area contributed by atoms with Crippen molar-refractivity contribution in [2.75, 3.05) is 0 Å². The summed E-state index contributed by atoms with van der Waals surface area (Å²) in [7, 11) is 0. The van der Waals surface area contributed by atoms with Crippen LogP contribution in [0.15, 0.2) is 12.1 Å². The summed E-state index contributed by atoms with van der Waals surface area (Å²) in [6, 6.07) is 5.51. The SMILES string of the molecule is N#Cc1cc(O)c2c(c1)CCCC2. The zero-order valence-electron chi connectivity index (χ0n) is 7.38. The van der Waals surface area contributed by atoms with Crippen molar-refractivity contribution < 1.29 is 5.11 Å². The number of hydrogen-bond acceptors (Lipinski definition) is 2. The molecular formula is C11H11NO. The first kappa shape index (κ1) is 8.12. The molecular weight excluding hydrogens is 162 g/mol. The van der Waals surface area contributed by atoms with E-state index in [-0.39, 0.29) is 0 Å². The summed E-state index contributed by atoms with van der Waals surface area (Å²) in [5.41, 5.74) is 2.77. The minimum Gasteiger partial charge on any atom is -0.508 e. The summed E-state index contributed by atoms with van der Waals surface area (Å²) in [6.07, 6.45) is 4.26. The third-order valence-electron chi connectivity index (χ3n) is 2.57. The maximum atomic E-state index is 9.62. The average Bonchev–Trinajstić information content (AvgIpc) is 2.18. The molecule has 0 fully saturated rings. The molecule has 0 saturated carbocycles. The zero-order chi connectivity index (χ0) is 9.26. The van der Waals surface area contributed by atoms with Gasteiger partial charge in [0, 0.05) is 0 Å². The minimum absolute atomic E-state index is 0.300. The van der Waals surface area contributed by atoms with Gasteiger partial charge >= 0.3 is 0 Å². The highest BCUT2D eigenvalue weighted by Crippen LogP contribution is 2.29. The van der Waals surface area contributed by atoms with Gasteiger partial charge in [-0.2, -0.15) is 5.26 Å². The number of nitriles is 1. The van der Waals surface area contributed by atoms with Crippen LogP contribution >= 0.6 is 0 Å². The molecule has 1 N–H and O–H groups in total. The molecule has 0 amide bonds.